The molecule has 26 heavy (non-hydrogen) atoms. The van der Waals surface area contributed by atoms with Crippen molar-refractivity contribution in [2.75, 3.05) is 37.7 Å². The van der Waals surface area contributed by atoms with Crippen LogP contribution in [0.15, 0.2) is 17.5 Å². The Labute approximate surface area is 155 Å². The molecule has 2 aliphatic rings. The third-order valence-corrected chi connectivity index (χ3v) is 7.48. The number of piperazine rings is 1. The van der Waals surface area contributed by atoms with Crippen molar-refractivity contribution in [3.8, 4) is 10.7 Å². The first-order valence-electron chi connectivity index (χ1n) is 8.54. The largest absolute Gasteiger partial charge is 0.338 e. The molecule has 4 heterocycles. The lowest BCUT2D eigenvalue weighted by atomic mass is 10.2. The van der Waals surface area contributed by atoms with Crippen molar-refractivity contribution < 1.29 is 13.2 Å². The predicted molar refractivity (Wildman–Crippen MR) is 96.3 cm³/mol. The van der Waals surface area contributed by atoms with Gasteiger partial charge in [0.05, 0.1) is 16.4 Å². The van der Waals surface area contributed by atoms with Gasteiger partial charge in [0.15, 0.2) is 9.84 Å². The molecule has 1 atom stereocenters. The van der Waals surface area contributed by atoms with Gasteiger partial charge >= 0.3 is 0 Å². The number of hydrogen-bond acceptors (Lipinski definition) is 8. The highest BCUT2D eigenvalue weighted by atomic mass is 32.2. The van der Waals surface area contributed by atoms with Crippen LogP contribution in [0.3, 0.4) is 0 Å². The topological polar surface area (TPSA) is 101 Å². The zero-order valence-corrected chi connectivity index (χ0v) is 15.8. The van der Waals surface area contributed by atoms with Crippen LogP contribution in [0, 0.1) is 0 Å². The van der Waals surface area contributed by atoms with Gasteiger partial charge < -0.3 is 4.90 Å². The number of hydrogen-bond donors (Lipinski definition) is 0. The van der Waals surface area contributed by atoms with Crippen LogP contribution in [0.5, 0.6) is 0 Å². The fourth-order valence-electron chi connectivity index (χ4n) is 3.44. The third-order valence-electron chi connectivity index (χ3n) is 4.86. The average Bonchev–Trinajstić information content (AvgIpc) is 3.35. The summed E-state index contributed by atoms with van der Waals surface area (Å²) in [6, 6.07) is 3.93. The number of thiophene rings is 1. The number of amides is 1. The molecule has 0 aliphatic carbocycles. The lowest BCUT2D eigenvalue weighted by molar-refractivity contribution is -0.134. The second-order valence-corrected chi connectivity index (χ2v) is 9.77. The fraction of sp³-hybridized carbons (Fsp3) is 0.600. The summed E-state index contributed by atoms with van der Waals surface area (Å²) in [6.07, 6.45) is 0.699. The molecule has 11 heteroatoms. The minimum atomic E-state index is -2.88. The molecule has 2 fully saturated rings. The number of carbonyl (C=O) groups excluding carboxylic acids is 1. The number of nitrogens with zero attached hydrogens (tertiary/aromatic N) is 6. The predicted octanol–water partition coefficient (Wildman–Crippen LogP) is -0.267. The molecule has 0 unspecified atom stereocenters. The molecule has 2 aliphatic heterocycles. The number of sulfone groups is 1. The van der Waals surface area contributed by atoms with Crippen LogP contribution in [0.4, 0.5) is 0 Å². The van der Waals surface area contributed by atoms with Gasteiger partial charge in [-0.25, -0.2) is 8.42 Å². The minimum absolute atomic E-state index is 0.0428. The Hall–Kier alpha value is -1.85. The van der Waals surface area contributed by atoms with Crippen LogP contribution in [-0.2, 0) is 21.2 Å². The molecule has 2 aromatic heterocycles. The first kappa shape index (κ1) is 17.6. The number of rotatable bonds is 4. The fourth-order valence-corrected chi connectivity index (χ4v) is 5.84. The van der Waals surface area contributed by atoms with E-state index in [1.165, 1.54) is 16.1 Å². The molecule has 0 spiro atoms. The Balaban J connectivity index is 1.30. The van der Waals surface area contributed by atoms with E-state index in [2.05, 4.69) is 20.3 Å². The molecule has 2 aromatic rings. The van der Waals surface area contributed by atoms with Crippen LogP contribution in [0.2, 0.25) is 0 Å². The highest BCUT2D eigenvalue weighted by molar-refractivity contribution is 7.91. The van der Waals surface area contributed by atoms with E-state index in [1.54, 1.807) is 4.90 Å². The molecule has 0 saturated carbocycles. The van der Waals surface area contributed by atoms with Crippen molar-refractivity contribution in [1.82, 2.24) is 30.0 Å². The van der Waals surface area contributed by atoms with Gasteiger partial charge in [-0.3, -0.25) is 9.69 Å². The summed E-state index contributed by atoms with van der Waals surface area (Å²) in [7, 11) is -2.88. The van der Waals surface area contributed by atoms with Crippen molar-refractivity contribution in [1.29, 1.82) is 0 Å². The molecule has 0 N–H and O–H groups in total. The number of aromatic nitrogens is 4. The minimum Gasteiger partial charge on any atom is -0.338 e. The van der Waals surface area contributed by atoms with E-state index in [1.807, 2.05) is 17.5 Å². The summed E-state index contributed by atoms with van der Waals surface area (Å²) >= 11 is 1.53. The molecule has 0 aromatic carbocycles. The number of tetrazole rings is 1. The van der Waals surface area contributed by atoms with E-state index >= 15 is 0 Å². The molecule has 140 valence electrons. The second-order valence-electron chi connectivity index (χ2n) is 6.59. The van der Waals surface area contributed by atoms with E-state index < -0.39 is 9.84 Å². The second kappa shape index (κ2) is 7.05. The highest BCUT2D eigenvalue weighted by Crippen LogP contribution is 2.20. The first-order valence-corrected chi connectivity index (χ1v) is 11.2. The maximum atomic E-state index is 12.5. The van der Waals surface area contributed by atoms with Crippen molar-refractivity contribution >= 4 is 27.1 Å². The van der Waals surface area contributed by atoms with E-state index in [-0.39, 0.29) is 30.0 Å². The van der Waals surface area contributed by atoms with Crippen molar-refractivity contribution in [2.45, 2.75) is 19.0 Å². The zero-order valence-electron chi connectivity index (χ0n) is 14.2. The SMILES string of the molecule is O=C(Cn1nnc(-c2cccs2)n1)N1CCN([C@H]2CCS(=O)(=O)C2)CC1. The number of carbonyl (C=O) groups is 1. The molecule has 9 nitrogen and oxygen atoms in total. The van der Waals surface area contributed by atoms with Crippen LogP contribution in [-0.4, -0.2) is 88.1 Å². The van der Waals surface area contributed by atoms with Gasteiger partial charge in [-0.2, -0.15) is 4.80 Å². The summed E-state index contributed by atoms with van der Waals surface area (Å²) in [5.74, 6) is 1.01. The van der Waals surface area contributed by atoms with Gasteiger partial charge in [-0.1, -0.05) is 6.07 Å². The zero-order chi connectivity index (χ0) is 18.1. The van der Waals surface area contributed by atoms with Gasteiger partial charge in [-0.15, -0.1) is 21.5 Å². The maximum absolute atomic E-state index is 12.5. The van der Waals surface area contributed by atoms with E-state index in [9.17, 15) is 13.2 Å². The summed E-state index contributed by atoms with van der Waals surface area (Å²) in [5.41, 5.74) is 0. The smallest absolute Gasteiger partial charge is 0.246 e. The third kappa shape index (κ3) is 3.79. The lowest BCUT2D eigenvalue weighted by Gasteiger charge is -2.37. The van der Waals surface area contributed by atoms with Gasteiger partial charge in [0.2, 0.25) is 11.7 Å². The Bertz CT molecular complexity index is 871. The van der Waals surface area contributed by atoms with Gasteiger partial charge in [0.25, 0.3) is 0 Å². The molecular formula is C15H20N6O3S2. The van der Waals surface area contributed by atoms with E-state index in [0.717, 1.165) is 4.88 Å². The van der Waals surface area contributed by atoms with Crippen molar-refractivity contribution in [2.24, 2.45) is 0 Å². The van der Waals surface area contributed by atoms with Crippen LogP contribution in [0.1, 0.15) is 6.42 Å². The maximum Gasteiger partial charge on any atom is 0.246 e. The summed E-state index contributed by atoms with van der Waals surface area (Å²) < 4.78 is 23.3. The van der Waals surface area contributed by atoms with Crippen molar-refractivity contribution in [3.05, 3.63) is 17.5 Å². The molecule has 1 amide bonds. The van der Waals surface area contributed by atoms with E-state index in [4.69, 9.17) is 0 Å². The van der Waals surface area contributed by atoms with Crippen molar-refractivity contribution in [3.63, 3.8) is 0 Å². The quantitative estimate of drug-likeness (QED) is 0.701. The summed E-state index contributed by atoms with van der Waals surface area (Å²) in [5, 5.41) is 14.2. The standard InChI is InChI=1S/C15H20N6O3S2/c22-14(10-21-17-15(16-18-21)13-2-1-8-25-13)20-6-4-19(5-7-20)12-3-9-26(23,24)11-12/h1-2,8,12H,3-7,9-11H2/t12-/m0/s1. The van der Waals surface area contributed by atoms with Gasteiger partial charge in [0.1, 0.15) is 6.54 Å². The average molecular weight is 396 g/mol. The van der Waals surface area contributed by atoms with Gasteiger partial charge in [0, 0.05) is 32.2 Å². The molecular weight excluding hydrogens is 376 g/mol. The van der Waals surface area contributed by atoms with Crippen LogP contribution >= 0.6 is 11.3 Å². The molecule has 4 rings (SSSR count). The normalized spacial score (nSPS) is 23.4. The Morgan fingerprint density at radius 2 is 2.08 bits per heavy atom. The highest BCUT2D eigenvalue weighted by Gasteiger charge is 2.34. The van der Waals surface area contributed by atoms with Crippen LogP contribution < -0.4 is 0 Å². The van der Waals surface area contributed by atoms with Crippen LogP contribution in [0.25, 0.3) is 10.7 Å². The first-order chi connectivity index (χ1) is 12.5. The lowest BCUT2D eigenvalue weighted by Crippen LogP contribution is -2.52. The van der Waals surface area contributed by atoms with Gasteiger partial charge in [-0.05, 0) is 23.1 Å². The molecule has 0 radical (unpaired) electrons. The Morgan fingerprint density at radius 3 is 2.73 bits per heavy atom. The summed E-state index contributed by atoms with van der Waals surface area (Å²) in [4.78, 5) is 18.7. The Morgan fingerprint density at radius 1 is 1.27 bits per heavy atom. The summed E-state index contributed by atoms with van der Waals surface area (Å²) in [6.45, 7) is 2.67. The van der Waals surface area contributed by atoms with E-state index in [0.29, 0.717) is 38.4 Å². The molecule has 2 saturated heterocycles. The monoisotopic (exact) mass is 396 g/mol. The Kier molecular flexibility index (Phi) is 4.76. The molecule has 0 bridgehead atoms.